The van der Waals surface area contributed by atoms with Crippen molar-refractivity contribution in [2.24, 2.45) is 0 Å². The maximum Gasteiger partial charge on any atom is 0.258 e. The summed E-state index contributed by atoms with van der Waals surface area (Å²) in [7, 11) is 3.31. The van der Waals surface area contributed by atoms with Crippen LogP contribution in [0, 0.1) is 6.92 Å². The van der Waals surface area contributed by atoms with Gasteiger partial charge in [0.15, 0.2) is 0 Å². The van der Waals surface area contributed by atoms with Gasteiger partial charge >= 0.3 is 0 Å². The molecule has 0 aliphatic rings. The third kappa shape index (κ3) is 4.66. The summed E-state index contributed by atoms with van der Waals surface area (Å²) in [5.74, 6) is -0.337. The summed E-state index contributed by atoms with van der Waals surface area (Å²) in [6, 6.07) is 17.0. The smallest absolute Gasteiger partial charge is 0.258 e. The molecule has 29 heavy (non-hydrogen) atoms. The summed E-state index contributed by atoms with van der Waals surface area (Å²) >= 11 is 6.50. The SMILES string of the molecule is CNC(=O)c1ccc(CN(C)C(=O)c2c(C)nn(Cc3ccccc3)c2Cl)cc1. The van der Waals surface area contributed by atoms with Crippen LogP contribution in [0.3, 0.4) is 0 Å². The van der Waals surface area contributed by atoms with Crippen LogP contribution in [0.1, 0.15) is 37.5 Å². The van der Waals surface area contributed by atoms with E-state index in [0.29, 0.717) is 35.1 Å². The van der Waals surface area contributed by atoms with Gasteiger partial charge in [-0.05, 0) is 30.2 Å². The molecule has 0 unspecified atom stereocenters. The number of carbonyl (C=O) groups is 2. The first-order valence-corrected chi connectivity index (χ1v) is 9.61. The summed E-state index contributed by atoms with van der Waals surface area (Å²) in [6.45, 7) is 2.68. The number of aryl methyl sites for hydroxylation is 1. The number of amides is 2. The molecule has 2 aromatic carbocycles. The van der Waals surface area contributed by atoms with Gasteiger partial charge in [-0.25, -0.2) is 4.68 Å². The molecule has 0 saturated carbocycles. The molecule has 0 fully saturated rings. The van der Waals surface area contributed by atoms with E-state index in [1.54, 1.807) is 42.7 Å². The molecule has 0 saturated heterocycles. The van der Waals surface area contributed by atoms with Gasteiger partial charge in [-0.3, -0.25) is 9.59 Å². The van der Waals surface area contributed by atoms with Crippen LogP contribution in [-0.4, -0.2) is 40.6 Å². The lowest BCUT2D eigenvalue weighted by atomic mass is 10.1. The van der Waals surface area contributed by atoms with Crippen LogP contribution >= 0.6 is 11.6 Å². The molecule has 6 nitrogen and oxygen atoms in total. The van der Waals surface area contributed by atoms with E-state index in [2.05, 4.69) is 10.4 Å². The number of hydrogen-bond donors (Lipinski definition) is 1. The Hall–Kier alpha value is -3.12. The van der Waals surface area contributed by atoms with Crippen molar-refractivity contribution in [3.8, 4) is 0 Å². The van der Waals surface area contributed by atoms with E-state index in [4.69, 9.17) is 11.6 Å². The minimum Gasteiger partial charge on any atom is -0.355 e. The lowest BCUT2D eigenvalue weighted by molar-refractivity contribution is 0.0784. The van der Waals surface area contributed by atoms with Crippen molar-refractivity contribution >= 4 is 23.4 Å². The fourth-order valence-electron chi connectivity index (χ4n) is 3.10. The largest absolute Gasteiger partial charge is 0.355 e. The number of rotatable bonds is 6. The molecule has 1 aromatic heterocycles. The molecule has 0 atom stereocenters. The molecule has 7 heteroatoms. The maximum atomic E-state index is 13.0. The van der Waals surface area contributed by atoms with Gasteiger partial charge in [0.25, 0.3) is 11.8 Å². The van der Waals surface area contributed by atoms with Crippen molar-refractivity contribution in [3.63, 3.8) is 0 Å². The molecule has 150 valence electrons. The Morgan fingerprint density at radius 3 is 2.34 bits per heavy atom. The maximum absolute atomic E-state index is 13.0. The Bertz CT molecular complexity index is 1010. The van der Waals surface area contributed by atoms with Crippen LogP contribution in [0.15, 0.2) is 54.6 Å². The molecule has 0 bridgehead atoms. The molecular weight excluding hydrogens is 388 g/mol. The van der Waals surface area contributed by atoms with Crippen LogP contribution < -0.4 is 5.32 Å². The summed E-state index contributed by atoms with van der Waals surface area (Å²) in [5.41, 5.74) is 3.55. The second-order valence-electron chi connectivity index (χ2n) is 6.83. The number of hydrogen-bond acceptors (Lipinski definition) is 3. The van der Waals surface area contributed by atoms with Crippen molar-refractivity contribution < 1.29 is 9.59 Å². The zero-order valence-electron chi connectivity index (χ0n) is 16.6. The van der Waals surface area contributed by atoms with Crippen LogP contribution in [0.2, 0.25) is 5.15 Å². The predicted molar refractivity (Wildman–Crippen MR) is 113 cm³/mol. The van der Waals surface area contributed by atoms with Gasteiger partial charge in [-0.15, -0.1) is 0 Å². The van der Waals surface area contributed by atoms with Crippen LogP contribution in [0.5, 0.6) is 0 Å². The second kappa shape index (κ2) is 8.92. The fourth-order valence-corrected chi connectivity index (χ4v) is 3.41. The van der Waals surface area contributed by atoms with Crippen molar-refractivity contribution in [2.45, 2.75) is 20.0 Å². The molecule has 0 spiro atoms. The van der Waals surface area contributed by atoms with E-state index in [0.717, 1.165) is 11.1 Å². The average molecular weight is 411 g/mol. The van der Waals surface area contributed by atoms with E-state index in [1.807, 2.05) is 42.5 Å². The molecule has 2 amide bonds. The first-order chi connectivity index (χ1) is 13.9. The van der Waals surface area contributed by atoms with E-state index in [9.17, 15) is 9.59 Å². The van der Waals surface area contributed by atoms with Crippen molar-refractivity contribution in [1.29, 1.82) is 0 Å². The fraction of sp³-hybridized carbons (Fsp3) is 0.227. The van der Waals surface area contributed by atoms with Crippen LogP contribution in [0.4, 0.5) is 0 Å². The van der Waals surface area contributed by atoms with E-state index in [1.165, 1.54) is 0 Å². The molecule has 1 heterocycles. The van der Waals surface area contributed by atoms with Gasteiger partial charge < -0.3 is 10.2 Å². The Kier molecular flexibility index (Phi) is 6.34. The number of carbonyl (C=O) groups excluding carboxylic acids is 2. The molecule has 0 aliphatic carbocycles. The minimum atomic E-state index is -0.192. The number of halogens is 1. The van der Waals surface area contributed by atoms with E-state index < -0.39 is 0 Å². The number of nitrogens with zero attached hydrogens (tertiary/aromatic N) is 3. The van der Waals surface area contributed by atoms with Gasteiger partial charge in [0.2, 0.25) is 0 Å². The predicted octanol–water partition coefficient (Wildman–Crippen LogP) is 3.53. The topological polar surface area (TPSA) is 67.2 Å². The monoisotopic (exact) mass is 410 g/mol. The van der Waals surface area contributed by atoms with Crippen molar-refractivity contribution in [3.05, 3.63) is 87.7 Å². The first-order valence-electron chi connectivity index (χ1n) is 9.24. The highest BCUT2D eigenvalue weighted by molar-refractivity contribution is 6.33. The molecule has 0 aliphatic heterocycles. The highest BCUT2D eigenvalue weighted by atomic mass is 35.5. The molecule has 0 radical (unpaired) electrons. The van der Waals surface area contributed by atoms with Crippen molar-refractivity contribution in [2.75, 3.05) is 14.1 Å². The lowest BCUT2D eigenvalue weighted by Crippen LogP contribution is -2.27. The normalized spacial score (nSPS) is 10.6. The first kappa shape index (κ1) is 20.6. The van der Waals surface area contributed by atoms with Gasteiger partial charge in [0.1, 0.15) is 5.15 Å². The third-order valence-corrected chi connectivity index (χ3v) is 5.05. The van der Waals surface area contributed by atoms with E-state index >= 15 is 0 Å². The quantitative estimate of drug-likeness (QED) is 0.676. The second-order valence-corrected chi connectivity index (χ2v) is 7.19. The zero-order valence-corrected chi connectivity index (χ0v) is 17.4. The average Bonchev–Trinajstić information content (AvgIpc) is 3.01. The molecule has 1 N–H and O–H groups in total. The Morgan fingerprint density at radius 1 is 1.07 bits per heavy atom. The van der Waals surface area contributed by atoms with Crippen molar-refractivity contribution in [1.82, 2.24) is 20.0 Å². The molecule has 3 aromatic rings. The summed E-state index contributed by atoms with van der Waals surface area (Å²) in [4.78, 5) is 26.2. The zero-order chi connectivity index (χ0) is 21.0. The number of nitrogens with one attached hydrogen (secondary N) is 1. The van der Waals surface area contributed by atoms with Gasteiger partial charge in [0.05, 0.1) is 17.8 Å². The highest BCUT2D eigenvalue weighted by Gasteiger charge is 2.23. The summed E-state index contributed by atoms with van der Waals surface area (Å²) in [6.07, 6.45) is 0. The van der Waals surface area contributed by atoms with Gasteiger partial charge in [-0.2, -0.15) is 5.10 Å². The Morgan fingerprint density at radius 2 is 1.72 bits per heavy atom. The number of benzene rings is 2. The Balaban J connectivity index is 1.75. The Labute approximate surface area is 175 Å². The molecule has 3 rings (SSSR count). The summed E-state index contributed by atoms with van der Waals surface area (Å²) < 4.78 is 1.64. The van der Waals surface area contributed by atoms with Crippen LogP contribution in [0.25, 0.3) is 0 Å². The van der Waals surface area contributed by atoms with Gasteiger partial charge in [-0.1, -0.05) is 54.1 Å². The number of aromatic nitrogens is 2. The minimum absolute atomic E-state index is 0.144. The van der Waals surface area contributed by atoms with E-state index in [-0.39, 0.29) is 11.8 Å². The van der Waals surface area contributed by atoms with Gasteiger partial charge in [0, 0.05) is 26.2 Å². The molecular formula is C22H23ClN4O2. The highest BCUT2D eigenvalue weighted by Crippen LogP contribution is 2.23. The summed E-state index contributed by atoms with van der Waals surface area (Å²) in [5, 5.41) is 7.37. The lowest BCUT2D eigenvalue weighted by Gasteiger charge is -2.17. The van der Waals surface area contributed by atoms with Crippen LogP contribution in [-0.2, 0) is 13.1 Å². The third-order valence-electron chi connectivity index (χ3n) is 4.66. The standard InChI is InChI=1S/C22H23ClN4O2/c1-15-19(20(23)27(25-15)14-16-7-5-4-6-8-16)22(29)26(3)13-17-9-11-18(12-10-17)21(28)24-2/h4-12H,13-14H2,1-3H3,(H,24,28).